The molecule has 4 heterocycles. The quantitative estimate of drug-likeness (QED) is 0.463. The van der Waals surface area contributed by atoms with E-state index in [2.05, 4.69) is 20.3 Å². The Hall–Kier alpha value is -3.86. The van der Waals surface area contributed by atoms with Gasteiger partial charge in [0.05, 0.1) is 29.3 Å². The number of aliphatic hydroxyl groups is 1. The predicted octanol–water partition coefficient (Wildman–Crippen LogP) is 1.46. The first-order valence-corrected chi connectivity index (χ1v) is 11.6. The zero-order valence-electron chi connectivity index (χ0n) is 19.1. The molecule has 2 aliphatic heterocycles. The molecule has 1 aliphatic carbocycles. The molecule has 1 aromatic carbocycles. The fourth-order valence-corrected chi connectivity index (χ4v) is 4.37. The van der Waals surface area contributed by atoms with E-state index in [0.717, 1.165) is 0 Å². The minimum Gasteiger partial charge on any atom is -0.492 e. The summed E-state index contributed by atoms with van der Waals surface area (Å²) in [5.74, 6) is 1.71. The van der Waals surface area contributed by atoms with Crippen molar-refractivity contribution in [2.45, 2.75) is 31.9 Å². The van der Waals surface area contributed by atoms with Crippen LogP contribution in [-0.4, -0.2) is 75.4 Å². The summed E-state index contributed by atoms with van der Waals surface area (Å²) in [7, 11) is 0. The highest BCUT2D eigenvalue weighted by Gasteiger charge is 2.34. The molecule has 3 aliphatic rings. The summed E-state index contributed by atoms with van der Waals surface area (Å²) in [4.78, 5) is 38.4. The Kier molecular flexibility index (Phi) is 5.21. The number of ether oxygens (including phenoxy) is 3. The Labute approximate surface area is 200 Å². The van der Waals surface area contributed by atoms with Crippen molar-refractivity contribution in [1.29, 1.82) is 0 Å². The number of carbonyl (C=O) groups is 2. The van der Waals surface area contributed by atoms with Crippen molar-refractivity contribution in [3.05, 3.63) is 30.2 Å². The zero-order valence-corrected chi connectivity index (χ0v) is 19.1. The average Bonchev–Trinajstić information content (AvgIpc) is 3.35. The van der Waals surface area contributed by atoms with E-state index in [0.29, 0.717) is 70.7 Å². The molecule has 1 saturated heterocycles. The average molecular weight is 479 g/mol. The maximum atomic E-state index is 13.0. The molecule has 3 N–H and O–H groups in total. The molecule has 0 radical (unpaired) electrons. The van der Waals surface area contributed by atoms with E-state index in [1.54, 1.807) is 6.20 Å². The minimum atomic E-state index is -1.05. The molecule has 3 aromatic rings. The van der Waals surface area contributed by atoms with E-state index < -0.39 is 6.10 Å². The molecule has 0 spiro atoms. The fraction of sp³-hybridized carbons (Fsp3) is 0.417. The van der Waals surface area contributed by atoms with Crippen LogP contribution in [0.2, 0.25) is 0 Å². The van der Waals surface area contributed by atoms with Crippen LogP contribution in [0, 0.1) is 5.92 Å². The molecule has 6 rings (SSSR count). The van der Waals surface area contributed by atoms with Crippen molar-refractivity contribution >= 4 is 22.8 Å². The lowest BCUT2D eigenvalue weighted by Gasteiger charge is -2.40. The standard InChI is InChI=1S/C24H25N5O6/c1-12(30)24(32)29-7-14(8-29)28-23(31)15-6-25-21-19(15)26-10-27-20(21)18-16(33-9-13-2-3-13)4-5-17-22(18)35-11-34-17/h4-6,10,12-14,25,30H,2-3,7-9,11H2,1H3,(H,28,31)/t12-/m0/s1. The van der Waals surface area contributed by atoms with E-state index in [-0.39, 0.29) is 24.6 Å². The van der Waals surface area contributed by atoms with Crippen LogP contribution in [0.4, 0.5) is 0 Å². The number of aromatic nitrogens is 3. The topological polar surface area (TPSA) is 139 Å². The molecular weight excluding hydrogens is 454 g/mol. The van der Waals surface area contributed by atoms with Gasteiger partial charge in [0.2, 0.25) is 6.79 Å². The van der Waals surface area contributed by atoms with Gasteiger partial charge in [-0.05, 0) is 37.8 Å². The number of benzene rings is 1. The number of H-pyrrole nitrogens is 1. The van der Waals surface area contributed by atoms with E-state index in [4.69, 9.17) is 14.2 Å². The van der Waals surface area contributed by atoms with Crippen LogP contribution >= 0.6 is 0 Å². The van der Waals surface area contributed by atoms with Gasteiger partial charge in [0.15, 0.2) is 11.5 Å². The maximum Gasteiger partial charge on any atom is 0.255 e. The number of hydrogen-bond acceptors (Lipinski definition) is 8. The van der Waals surface area contributed by atoms with Crippen LogP contribution in [0.5, 0.6) is 17.2 Å². The summed E-state index contributed by atoms with van der Waals surface area (Å²) in [5.41, 5.74) is 2.63. The number of fused-ring (bicyclic) bond motifs is 2. The summed E-state index contributed by atoms with van der Waals surface area (Å²) >= 11 is 0. The SMILES string of the molecule is C[C@H](O)C(=O)N1CC(NC(=O)c2c[nH]c3c(-c4c(OCC5CC5)ccc5c4OCO5)ncnc23)C1. The molecule has 0 unspecified atom stereocenters. The number of amides is 2. The van der Waals surface area contributed by atoms with Crippen LogP contribution in [0.15, 0.2) is 24.7 Å². The number of aromatic amines is 1. The highest BCUT2D eigenvalue weighted by Crippen LogP contribution is 2.48. The number of hydrogen-bond donors (Lipinski definition) is 3. The van der Waals surface area contributed by atoms with Crippen molar-refractivity contribution < 1.29 is 28.9 Å². The van der Waals surface area contributed by atoms with Gasteiger partial charge in [0.25, 0.3) is 11.8 Å². The first kappa shape index (κ1) is 21.7. The minimum absolute atomic E-state index is 0.108. The first-order chi connectivity index (χ1) is 17.0. The largest absolute Gasteiger partial charge is 0.492 e. The zero-order chi connectivity index (χ0) is 24.1. The molecule has 2 fully saturated rings. The third-order valence-electron chi connectivity index (χ3n) is 6.50. The Balaban J connectivity index is 1.29. The molecule has 35 heavy (non-hydrogen) atoms. The maximum absolute atomic E-state index is 13.0. The number of likely N-dealkylation sites (tertiary alicyclic amines) is 1. The van der Waals surface area contributed by atoms with Crippen LogP contribution < -0.4 is 19.5 Å². The van der Waals surface area contributed by atoms with Crippen LogP contribution in [0.1, 0.15) is 30.1 Å². The lowest BCUT2D eigenvalue weighted by atomic mass is 10.1. The second-order valence-corrected chi connectivity index (χ2v) is 9.16. The van der Waals surface area contributed by atoms with Gasteiger partial charge in [-0.15, -0.1) is 0 Å². The fourth-order valence-electron chi connectivity index (χ4n) is 4.37. The van der Waals surface area contributed by atoms with Crippen molar-refractivity contribution in [1.82, 2.24) is 25.2 Å². The van der Waals surface area contributed by atoms with E-state index in [9.17, 15) is 14.7 Å². The Morgan fingerprint density at radius 3 is 2.89 bits per heavy atom. The van der Waals surface area contributed by atoms with E-state index in [1.807, 2.05) is 12.1 Å². The van der Waals surface area contributed by atoms with Crippen molar-refractivity contribution in [3.63, 3.8) is 0 Å². The van der Waals surface area contributed by atoms with Gasteiger partial charge >= 0.3 is 0 Å². The smallest absolute Gasteiger partial charge is 0.255 e. The van der Waals surface area contributed by atoms with E-state index >= 15 is 0 Å². The van der Waals surface area contributed by atoms with Crippen LogP contribution in [0.25, 0.3) is 22.3 Å². The summed E-state index contributed by atoms with van der Waals surface area (Å²) in [6.07, 6.45) is 4.29. The van der Waals surface area contributed by atoms with Crippen molar-refractivity contribution in [2.24, 2.45) is 5.92 Å². The third kappa shape index (κ3) is 3.91. The molecule has 11 nitrogen and oxygen atoms in total. The van der Waals surface area contributed by atoms with Gasteiger partial charge in [0, 0.05) is 19.3 Å². The highest BCUT2D eigenvalue weighted by molar-refractivity contribution is 6.08. The summed E-state index contributed by atoms with van der Waals surface area (Å²) in [5, 5.41) is 12.4. The number of nitrogens with one attached hydrogen (secondary N) is 2. The molecule has 2 amide bonds. The molecule has 1 atom stereocenters. The lowest BCUT2D eigenvalue weighted by Crippen LogP contribution is -2.62. The van der Waals surface area contributed by atoms with E-state index in [1.165, 1.54) is 31.0 Å². The molecular formula is C24H25N5O6. The van der Waals surface area contributed by atoms with Crippen molar-refractivity contribution in [2.75, 3.05) is 26.5 Å². The molecule has 0 bridgehead atoms. The molecule has 11 heteroatoms. The molecule has 2 aromatic heterocycles. The van der Waals surface area contributed by atoms with Gasteiger partial charge in [-0.25, -0.2) is 9.97 Å². The first-order valence-electron chi connectivity index (χ1n) is 11.6. The summed E-state index contributed by atoms with van der Waals surface area (Å²) < 4.78 is 17.5. The highest BCUT2D eigenvalue weighted by atomic mass is 16.7. The Morgan fingerprint density at radius 1 is 1.29 bits per heavy atom. The summed E-state index contributed by atoms with van der Waals surface area (Å²) in [6.45, 7) is 2.87. The Morgan fingerprint density at radius 2 is 2.11 bits per heavy atom. The summed E-state index contributed by atoms with van der Waals surface area (Å²) in [6, 6.07) is 3.48. The molecule has 1 saturated carbocycles. The van der Waals surface area contributed by atoms with Crippen LogP contribution in [0.3, 0.4) is 0 Å². The van der Waals surface area contributed by atoms with Gasteiger partial charge in [-0.1, -0.05) is 0 Å². The second kappa shape index (κ2) is 8.42. The van der Waals surface area contributed by atoms with Crippen molar-refractivity contribution in [3.8, 4) is 28.5 Å². The van der Waals surface area contributed by atoms with Gasteiger partial charge < -0.3 is 34.5 Å². The van der Waals surface area contributed by atoms with Crippen LogP contribution in [-0.2, 0) is 4.79 Å². The second-order valence-electron chi connectivity index (χ2n) is 9.16. The number of aliphatic hydroxyl groups excluding tert-OH is 1. The number of nitrogens with zero attached hydrogens (tertiary/aromatic N) is 3. The van der Waals surface area contributed by atoms with Gasteiger partial charge in [-0.3, -0.25) is 9.59 Å². The predicted molar refractivity (Wildman–Crippen MR) is 123 cm³/mol. The number of rotatable bonds is 7. The third-order valence-corrected chi connectivity index (χ3v) is 6.50. The van der Waals surface area contributed by atoms with Gasteiger partial charge in [-0.2, -0.15) is 0 Å². The monoisotopic (exact) mass is 479 g/mol. The number of carbonyl (C=O) groups excluding carboxylic acids is 2. The lowest BCUT2D eigenvalue weighted by molar-refractivity contribution is -0.144. The Bertz CT molecular complexity index is 1310. The van der Waals surface area contributed by atoms with Gasteiger partial charge in [0.1, 0.15) is 29.4 Å². The molecule has 182 valence electrons. The normalized spacial score (nSPS) is 17.8.